The Morgan fingerprint density at radius 2 is 2.03 bits per heavy atom. The predicted octanol–water partition coefficient (Wildman–Crippen LogP) is 2.49. The number of hydrogen-bond donors (Lipinski definition) is 4. The number of halogens is 1. The summed E-state index contributed by atoms with van der Waals surface area (Å²) in [7, 11) is 1.57. The van der Waals surface area contributed by atoms with Crippen LogP contribution in [0.4, 0.5) is 11.4 Å². The van der Waals surface area contributed by atoms with Gasteiger partial charge in [0.2, 0.25) is 11.8 Å². The second kappa shape index (κ2) is 7.33. The monoisotopic (exact) mass is 415 g/mol. The van der Waals surface area contributed by atoms with Crippen LogP contribution in [-0.4, -0.2) is 36.2 Å². The largest absolute Gasteiger partial charge is 0.497 e. The molecule has 2 aromatic rings. The van der Waals surface area contributed by atoms with Crippen molar-refractivity contribution in [2.24, 2.45) is 5.92 Å². The Hall–Kier alpha value is -2.61. The molecular weight excluding hydrogens is 394 g/mol. The lowest BCUT2D eigenvalue weighted by Gasteiger charge is -2.29. The summed E-state index contributed by atoms with van der Waals surface area (Å²) in [5.74, 6) is -0.716. The van der Waals surface area contributed by atoms with Crippen LogP contribution in [0.3, 0.4) is 0 Å². The minimum absolute atomic E-state index is 0.305. The van der Waals surface area contributed by atoms with Gasteiger partial charge in [0.05, 0.1) is 29.8 Å². The molecule has 8 heteroatoms. The molecule has 2 aliphatic rings. The van der Waals surface area contributed by atoms with Gasteiger partial charge in [0.15, 0.2) is 0 Å². The number of para-hydroxylation sites is 1. The number of amides is 2. The maximum Gasteiger partial charge on any atom is 0.250 e. The van der Waals surface area contributed by atoms with Crippen molar-refractivity contribution in [3.8, 4) is 5.75 Å². The first-order chi connectivity index (χ1) is 13.9. The summed E-state index contributed by atoms with van der Waals surface area (Å²) in [6, 6.07) is 11.8. The van der Waals surface area contributed by atoms with Crippen molar-refractivity contribution in [2.45, 2.75) is 31.0 Å². The van der Waals surface area contributed by atoms with Gasteiger partial charge < -0.3 is 20.5 Å². The number of fused-ring (bicyclic) bond motifs is 2. The second-order valence-electron chi connectivity index (χ2n) is 7.42. The number of benzene rings is 2. The fourth-order valence-corrected chi connectivity index (χ4v) is 4.43. The minimum atomic E-state index is -1.29. The lowest BCUT2D eigenvalue weighted by molar-refractivity contribution is -0.130. The molecule has 7 nitrogen and oxygen atoms in total. The Morgan fingerprint density at radius 1 is 1.31 bits per heavy atom. The number of rotatable bonds is 4. The van der Waals surface area contributed by atoms with Crippen molar-refractivity contribution in [1.82, 2.24) is 5.32 Å². The van der Waals surface area contributed by atoms with Crippen molar-refractivity contribution in [3.05, 3.63) is 53.1 Å². The normalized spacial score (nSPS) is 26.1. The predicted molar refractivity (Wildman–Crippen MR) is 110 cm³/mol. The van der Waals surface area contributed by atoms with Crippen LogP contribution in [0.1, 0.15) is 18.9 Å². The molecule has 4 N–H and O–H groups in total. The molecule has 4 atom stereocenters. The Morgan fingerprint density at radius 3 is 2.69 bits per heavy atom. The average molecular weight is 416 g/mol. The van der Waals surface area contributed by atoms with Gasteiger partial charge in [-0.15, -0.1) is 0 Å². The van der Waals surface area contributed by atoms with Crippen LogP contribution < -0.4 is 20.7 Å². The van der Waals surface area contributed by atoms with Crippen molar-refractivity contribution in [3.63, 3.8) is 0 Å². The Bertz CT molecular complexity index is 963. The minimum Gasteiger partial charge on any atom is -0.497 e. The number of methoxy groups -OCH3 is 1. The van der Waals surface area contributed by atoms with Crippen molar-refractivity contribution >= 4 is 34.8 Å². The summed E-state index contributed by atoms with van der Waals surface area (Å²) >= 11 is 6.28. The highest BCUT2D eigenvalue weighted by atomic mass is 35.5. The zero-order valence-electron chi connectivity index (χ0n) is 16.0. The van der Waals surface area contributed by atoms with Crippen LogP contribution in [0.2, 0.25) is 5.02 Å². The van der Waals surface area contributed by atoms with Crippen LogP contribution in [0, 0.1) is 5.92 Å². The van der Waals surface area contributed by atoms with E-state index in [4.69, 9.17) is 16.3 Å². The number of nitrogens with one attached hydrogen (secondary N) is 3. The lowest BCUT2D eigenvalue weighted by Crippen LogP contribution is -2.53. The highest BCUT2D eigenvalue weighted by Gasteiger charge is 2.61. The third-order valence-electron chi connectivity index (χ3n) is 5.72. The fourth-order valence-electron chi connectivity index (χ4n) is 4.21. The molecule has 2 aromatic carbocycles. The lowest BCUT2D eigenvalue weighted by atomic mass is 9.79. The van der Waals surface area contributed by atoms with Gasteiger partial charge in [-0.1, -0.05) is 23.7 Å². The topological polar surface area (TPSA) is 99.7 Å². The molecule has 0 unspecified atom stereocenters. The fraction of sp³-hybridized carbons (Fsp3) is 0.333. The van der Waals surface area contributed by atoms with Gasteiger partial charge in [-0.3, -0.25) is 14.9 Å². The van der Waals surface area contributed by atoms with Gasteiger partial charge in [-0.05, 0) is 43.7 Å². The Kier molecular flexibility index (Phi) is 4.98. The van der Waals surface area contributed by atoms with Gasteiger partial charge in [-0.2, -0.15) is 0 Å². The molecule has 152 valence electrons. The second-order valence-corrected chi connectivity index (χ2v) is 7.83. The van der Waals surface area contributed by atoms with E-state index in [1.54, 1.807) is 56.5 Å². The smallest absolute Gasteiger partial charge is 0.250 e. The van der Waals surface area contributed by atoms with E-state index >= 15 is 0 Å². The third-order valence-corrected chi connectivity index (χ3v) is 6.03. The van der Waals surface area contributed by atoms with E-state index in [-0.39, 0.29) is 11.8 Å². The van der Waals surface area contributed by atoms with Gasteiger partial charge in [0, 0.05) is 17.3 Å². The summed E-state index contributed by atoms with van der Waals surface area (Å²) in [6.07, 6.45) is -0.430. The number of anilines is 2. The number of aliphatic hydroxyl groups is 1. The summed E-state index contributed by atoms with van der Waals surface area (Å²) < 4.78 is 5.14. The van der Waals surface area contributed by atoms with Crippen LogP contribution in [0.15, 0.2) is 42.5 Å². The van der Waals surface area contributed by atoms with Gasteiger partial charge in [-0.25, -0.2) is 0 Å². The number of ether oxygens (including phenoxy) is 1. The SMILES string of the molecule is COc1ccc(NC(=O)[C@@H]2C[C@H]([C@@H](C)O)N[C@]23C(=O)Nc2c(Cl)cccc23)cc1. The zero-order valence-corrected chi connectivity index (χ0v) is 16.8. The molecule has 1 spiro atoms. The van der Waals surface area contributed by atoms with Crippen LogP contribution >= 0.6 is 11.6 Å². The summed E-state index contributed by atoms with van der Waals surface area (Å²) in [4.78, 5) is 26.4. The van der Waals surface area contributed by atoms with Crippen molar-refractivity contribution in [2.75, 3.05) is 17.7 Å². The first-order valence-corrected chi connectivity index (χ1v) is 9.75. The number of hydrogen-bond acceptors (Lipinski definition) is 5. The highest BCUT2D eigenvalue weighted by Crippen LogP contribution is 2.49. The van der Waals surface area contributed by atoms with E-state index in [0.717, 1.165) is 0 Å². The average Bonchev–Trinajstić information content (AvgIpc) is 3.24. The maximum absolute atomic E-state index is 13.3. The van der Waals surface area contributed by atoms with E-state index < -0.39 is 23.6 Å². The molecule has 0 bridgehead atoms. The van der Waals surface area contributed by atoms with E-state index in [1.165, 1.54) is 0 Å². The third kappa shape index (κ3) is 3.15. The van der Waals surface area contributed by atoms with E-state index in [2.05, 4.69) is 16.0 Å². The maximum atomic E-state index is 13.3. The number of aliphatic hydroxyl groups excluding tert-OH is 1. The summed E-state index contributed by atoms with van der Waals surface area (Å²) in [6.45, 7) is 1.64. The van der Waals surface area contributed by atoms with Crippen LogP contribution in [0.25, 0.3) is 0 Å². The number of carbonyl (C=O) groups is 2. The standard InChI is InChI=1S/C21H22ClN3O4/c1-11(26)17-10-15(19(27)23-12-6-8-13(29-2)9-7-12)21(25-17)14-4-3-5-16(22)18(14)24-20(21)28/h3-9,11,15,17,25-26H,10H2,1-2H3,(H,23,27)(H,24,28)/t11-,15+,17-,21+/m1/s1. The molecule has 2 aliphatic heterocycles. The van der Waals surface area contributed by atoms with E-state index in [0.29, 0.717) is 34.1 Å². The molecule has 2 heterocycles. The molecule has 1 saturated heterocycles. The molecule has 4 rings (SSSR count). The molecule has 1 fully saturated rings. The van der Waals surface area contributed by atoms with Gasteiger partial charge in [0.25, 0.3) is 0 Å². The van der Waals surface area contributed by atoms with E-state index in [1.807, 2.05) is 0 Å². The van der Waals surface area contributed by atoms with Gasteiger partial charge in [0.1, 0.15) is 11.3 Å². The molecular formula is C21H22ClN3O4. The molecule has 2 amide bonds. The molecule has 29 heavy (non-hydrogen) atoms. The highest BCUT2D eigenvalue weighted by molar-refractivity contribution is 6.35. The van der Waals surface area contributed by atoms with Crippen LogP contribution in [-0.2, 0) is 15.1 Å². The van der Waals surface area contributed by atoms with Crippen molar-refractivity contribution < 1.29 is 19.4 Å². The quantitative estimate of drug-likeness (QED) is 0.614. The van der Waals surface area contributed by atoms with Crippen molar-refractivity contribution in [1.29, 1.82) is 0 Å². The Labute approximate surface area is 173 Å². The molecule has 0 aromatic heterocycles. The van der Waals surface area contributed by atoms with Crippen LogP contribution in [0.5, 0.6) is 5.75 Å². The number of carbonyl (C=O) groups excluding carboxylic acids is 2. The first kappa shape index (κ1) is 19.7. The summed E-state index contributed by atoms with van der Waals surface area (Å²) in [5.41, 5.74) is 0.419. The molecule has 0 radical (unpaired) electrons. The Balaban J connectivity index is 1.71. The zero-order chi connectivity index (χ0) is 20.8. The first-order valence-electron chi connectivity index (χ1n) is 9.38. The van der Waals surface area contributed by atoms with E-state index in [9.17, 15) is 14.7 Å². The molecule has 0 saturated carbocycles. The van der Waals surface area contributed by atoms with Gasteiger partial charge >= 0.3 is 0 Å². The summed E-state index contributed by atoms with van der Waals surface area (Å²) in [5, 5.41) is 19.5. The molecule has 0 aliphatic carbocycles.